The fourth-order valence-corrected chi connectivity index (χ4v) is 6.79. The molecule has 57 heavy (non-hydrogen) atoms. The van der Waals surface area contributed by atoms with Crippen LogP contribution in [0.3, 0.4) is 0 Å². The van der Waals surface area contributed by atoms with Crippen LogP contribution in [0.1, 0.15) is 194 Å². The van der Waals surface area contributed by atoms with Crippen LogP contribution in [-0.4, -0.2) is 65.7 Å². The number of esters is 2. The standard InChI is InChI=1S/C46H83O10P/c1-3-5-7-9-11-13-15-17-19-20-21-22-24-25-27-29-31-33-35-37-45(49)53-41-44(42-55-57(51,52)54-40-43(48)39-47)56-46(50)38-36-34-32-30-28-26-23-18-16-14-12-10-8-6-4-2/h6,8,12,14,18,20-21,23,43-44,47-48H,3-5,7,9-11,13,15-17,19,22,24-42H2,1-2H3,(H,51,52)/b8-6-,14-12-,21-20-,23-18-/t43-,44+/m0/s1. The highest BCUT2D eigenvalue weighted by Crippen LogP contribution is 2.43. The van der Waals surface area contributed by atoms with Crippen molar-refractivity contribution in [3.05, 3.63) is 48.6 Å². The van der Waals surface area contributed by atoms with Crippen molar-refractivity contribution in [1.29, 1.82) is 0 Å². The van der Waals surface area contributed by atoms with Gasteiger partial charge in [0, 0.05) is 12.8 Å². The number of carbonyl (C=O) groups is 2. The van der Waals surface area contributed by atoms with E-state index in [1.165, 1.54) is 77.0 Å². The predicted molar refractivity (Wildman–Crippen MR) is 233 cm³/mol. The van der Waals surface area contributed by atoms with E-state index in [0.717, 1.165) is 77.0 Å². The second-order valence-electron chi connectivity index (χ2n) is 15.0. The van der Waals surface area contributed by atoms with Gasteiger partial charge in [-0.25, -0.2) is 4.57 Å². The van der Waals surface area contributed by atoms with E-state index in [1.807, 2.05) is 0 Å². The Kier molecular flexibility index (Phi) is 40.5. The van der Waals surface area contributed by atoms with Crippen LogP contribution in [0.15, 0.2) is 48.6 Å². The number of hydrogen-bond acceptors (Lipinski definition) is 9. The van der Waals surface area contributed by atoms with Gasteiger partial charge in [0.25, 0.3) is 0 Å². The van der Waals surface area contributed by atoms with Gasteiger partial charge in [0.1, 0.15) is 12.7 Å². The van der Waals surface area contributed by atoms with E-state index in [4.69, 9.17) is 23.6 Å². The number of phosphoric ester groups is 1. The van der Waals surface area contributed by atoms with Crippen molar-refractivity contribution in [1.82, 2.24) is 0 Å². The number of carbonyl (C=O) groups excluding carboxylic acids is 2. The molecule has 0 heterocycles. The van der Waals surface area contributed by atoms with Crippen LogP contribution >= 0.6 is 7.82 Å². The van der Waals surface area contributed by atoms with Gasteiger partial charge in [0.15, 0.2) is 6.10 Å². The first-order valence-electron chi connectivity index (χ1n) is 22.6. The Hall–Kier alpha value is -2.07. The summed E-state index contributed by atoms with van der Waals surface area (Å²) in [5.41, 5.74) is 0. The largest absolute Gasteiger partial charge is 0.472 e. The molecule has 0 aromatic heterocycles. The van der Waals surface area contributed by atoms with Crippen molar-refractivity contribution in [3.63, 3.8) is 0 Å². The van der Waals surface area contributed by atoms with Gasteiger partial charge in [0.2, 0.25) is 0 Å². The highest BCUT2D eigenvalue weighted by atomic mass is 31.2. The lowest BCUT2D eigenvalue weighted by Gasteiger charge is -2.20. The highest BCUT2D eigenvalue weighted by Gasteiger charge is 2.27. The van der Waals surface area contributed by atoms with E-state index in [1.54, 1.807) is 0 Å². The minimum atomic E-state index is -4.62. The molecule has 10 nitrogen and oxygen atoms in total. The summed E-state index contributed by atoms with van der Waals surface area (Å²) in [6.45, 7) is 2.25. The first-order valence-corrected chi connectivity index (χ1v) is 24.1. The summed E-state index contributed by atoms with van der Waals surface area (Å²) >= 11 is 0. The third kappa shape index (κ3) is 41.9. The summed E-state index contributed by atoms with van der Waals surface area (Å²) in [7, 11) is -4.62. The van der Waals surface area contributed by atoms with Crippen molar-refractivity contribution in [2.45, 2.75) is 206 Å². The van der Waals surface area contributed by atoms with Gasteiger partial charge in [-0.3, -0.25) is 18.6 Å². The summed E-state index contributed by atoms with van der Waals surface area (Å²) in [5, 5.41) is 18.3. The number of phosphoric acid groups is 1. The zero-order chi connectivity index (χ0) is 41.9. The van der Waals surface area contributed by atoms with Crippen LogP contribution in [0.25, 0.3) is 0 Å². The van der Waals surface area contributed by atoms with Gasteiger partial charge in [0.05, 0.1) is 19.8 Å². The SMILES string of the molecule is CC/C=C\C/C=C\C/C=C\CCCCCCCC(=O)O[C@H](COC(=O)CCCCCCCCC/C=C\CCCCCCCCCC)COP(=O)(O)OC[C@@H](O)CO. The quantitative estimate of drug-likeness (QED) is 0.0235. The van der Waals surface area contributed by atoms with Gasteiger partial charge >= 0.3 is 19.8 Å². The number of aliphatic hydroxyl groups is 2. The zero-order valence-corrected chi connectivity index (χ0v) is 36.9. The van der Waals surface area contributed by atoms with Crippen molar-refractivity contribution in [2.75, 3.05) is 26.4 Å². The molecule has 0 amide bonds. The Bertz CT molecular complexity index is 1090. The van der Waals surface area contributed by atoms with Crippen LogP contribution in [0.4, 0.5) is 0 Å². The normalized spacial score (nSPS) is 14.3. The summed E-state index contributed by atoms with van der Waals surface area (Å²) in [6, 6.07) is 0. The molecule has 0 bridgehead atoms. The molecule has 1 unspecified atom stereocenters. The number of hydrogen-bond donors (Lipinski definition) is 3. The van der Waals surface area contributed by atoms with Crippen LogP contribution in [0.5, 0.6) is 0 Å². The van der Waals surface area contributed by atoms with Gasteiger partial charge in [-0.1, -0.05) is 159 Å². The van der Waals surface area contributed by atoms with Gasteiger partial charge < -0.3 is 24.6 Å². The molecule has 3 N–H and O–H groups in total. The maximum atomic E-state index is 12.6. The number of ether oxygens (including phenoxy) is 2. The maximum absolute atomic E-state index is 12.6. The van der Waals surface area contributed by atoms with Crippen LogP contribution in [-0.2, 0) is 32.7 Å². The Morgan fingerprint density at radius 2 is 0.965 bits per heavy atom. The van der Waals surface area contributed by atoms with Crippen molar-refractivity contribution < 1.29 is 47.8 Å². The second-order valence-corrected chi connectivity index (χ2v) is 16.5. The molecule has 11 heteroatoms. The summed E-state index contributed by atoms with van der Waals surface area (Å²) in [6.07, 6.45) is 45.0. The predicted octanol–water partition coefficient (Wildman–Crippen LogP) is 12.1. The number of unbranched alkanes of at least 4 members (excludes halogenated alkanes) is 20. The Morgan fingerprint density at radius 1 is 0.544 bits per heavy atom. The zero-order valence-electron chi connectivity index (χ0n) is 36.0. The van der Waals surface area contributed by atoms with E-state index >= 15 is 0 Å². The molecule has 0 aromatic rings. The Morgan fingerprint density at radius 3 is 1.47 bits per heavy atom. The monoisotopic (exact) mass is 827 g/mol. The van der Waals surface area contributed by atoms with Crippen molar-refractivity contribution in [2.24, 2.45) is 0 Å². The van der Waals surface area contributed by atoms with E-state index in [-0.39, 0.29) is 19.4 Å². The van der Waals surface area contributed by atoms with E-state index in [0.29, 0.717) is 12.8 Å². The van der Waals surface area contributed by atoms with E-state index < -0.39 is 51.8 Å². The number of rotatable bonds is 42. The molecule has 332 valence electrons. The van der Waals surface area contributed by atoms with E-state index in [9.17, 15) is 24.2 Å². The molecule has 0 saturated heterocycles. The molecule has 0 radical (unpaired) electrons. The molecule has 0 rings (SSSR count). The lowest BCUT2D eigenvalue weighted by atomic mass is 10.1. The lowest BCUT2D eigenvalue weighted by molar-refractivity contribution is -0.161. The Labute approximate surface area is 347 Å². The summed E-state index contributed by atoms with van der Waals surface area (Å²) in [5.74, 6) is -0.949. The van der Waals surface area contributed by atoms with Crippen LogP contribution in [0.2, 0.25) is 0 Å². The van der Waals surface area contributed by atoms with Crippen molar-refractivity contribution in [3.8, 4) is 0 Å². The van der Waals surface area contributed by atoms with Gasteiger partial charge in [-0.05, 0) is 70.6 Å². The molecule has 3 atom stereocenters. The van der Waals surface area contributed by atoms with E-state index in [2.05, 4.69) is 62.5 Å². The smallest absolute Gasteiger partial charge is 0.462 e. The molecule has 0 saturated carbocycles. The minimum absolute atomic E-state index is 0.163. The molecule has 0 aliphatic carbocycles. The van der Waals surface area contributed by atoms with Crippen LogP contribution < -0.4 is 0 Å². The van der Waals surface area contributed by atoms with Crippen molar-refractivity contribution >= 4 is 19.8 Å². The topological polar surface area (TPSA) is 149 Å². The summed E-state index contributed by atoms with van der Waals surface area (Å²) < 4.78 is 32.7. The highest BCUT2D eigenvalue weighted by molar-refractivity contribution is 7.47. The maximum Gasteiger partial charge on any atom is 0.472 e. The lowest BCUT2D eigenvalue weighted by Crippen LogP contribution is -2.29. The second kappa shape index (κ2) is 42.1. The average Bonchev–Trinajstić information content (AvgIpc) is 3.20. The van der Waals surface area contributed by atoms with Gasteiger partial charge in [-0.15, -0.1) is 0 Å². The van der Waals surface area contributed by atoms with Crippen LogP contribution in [0, 0.1) is 0 Å². The third-order valence-corrected chi connectivity index (χ3v) is 10.4. The summed E-state index contributed by atoms with van der Waals surface area (Å²) in [4.78, 5) is 35.0. The minimum Gasteiger partial charge on any atom is -0.462 e. The molecular weight excluding hydrogens is 743 g/mol. The number of aliphatic hydroxyl groups excluding tert-OH is 2. The molecular formula is C46H83O10P. The molecule has 0 aliphatic rings. The fraction of sp³-hybridized carbons (Fsp3) is 0.783. The Balaban J connectivity index is 4.28. The first-order chi connectivity index (χ1) is 27.7. The average molecular weight is 827 g/mol. The third-order valence-electron chi connectivity index (χ3n) is 9.47. The first kappa shape index (κ1) is 54.9. The molecule has 0 fully saturated rings. The number of allylic oxidation sites excluding steroid dienone is 8. The fourth-order valence-electron chi connectivity index (χ4n) is 6.00. The molecule has 0 aliphatic heterocycles. The molecule has 0 aromatic carbocycles. The van der Waals surface area contributed by atoms with Gasteiger partial charge in [-0.2, -0.15) is 0 Å². The molecule has 0 spiro atoms.